The molecular formula is C15H16N3O2+. The van der Waals surface area contributed by atoms with Crippen molar-refractivity contribution in [3.8, 4) is 0 Å². The summed E-state index contributed by atoms with van der Waals surface area (Å²) in [6.45, 7) is 6.68. The molecule has 0 unspecified atom stereocenters. The van der Waals surface area contributed by atoms with E-state index in [9.17, 15) is 10.1 Å². The lowest BCUT2D eigenvalue weighted by atomic mass is 10.1. The van der Waals surface area contributed by atoms with Crippen LogP contribution in [0.5, 0.6) is 0 Å². The van der Waals surface area contributed by atoms with Crippen molar-refractivity contribution in [3.05, 3.63) is 56.9 Å². The van der Waals surface area contributed by atoms with E-state index in [1.54, 1.807) is 12.1 Å². The largest absolute Gasteiger partial charge is 0.284 e. The van der Waals surface area contributed by atoms with Crippen LogP contribution in [-0.4, -0.2) is 20.3 Å². The Morgan fingerprint density at radius 2 is 1.85 bits per heavy atom. The van der Waals surface area contributed by atoms with E-state index in [2.05, 4.69) is 34.4 Å². The predicted molar refractivity (Wildman–Crippen MR) is 76.8 cm³/mol. The molecule has 1 aromatic heterocycles. The highest BCUT2D eigenvalue weighted by Crippen LogP contribution is 2.30. The van der Waals surface area contributed by atoms with E-state index < -0.39 is 0 Å². The number of benzene rings is 1. The molecule has 1 aliphatic rings. The molecule has 3 rings (SSSR count). The fourth-order valence-electron chi connectivity index (χ4n) is 2.88. The second-order valence-corrected chi connectivity index (χ2v) is 5.25. The van der Waals surface area contributed by atoms with Crippen LogP contribution in [0.1, 0.15) is 22.5 Å². The van der Waals surface area contributed by atoms with Gasteiger partial charge < -0.3 is 0 Å². The van der Waals surface area contributed by atoms with E-state index >= 15 is 0 Å². The molecule has 0 saturated carbocycles. The number of hydrogen-bond donors (Lipinski definition) is 0. The zero-order valence-electron chi connectivity index (χ0n) is 11.8. The van der Waals surface area contributed by atoms with Gasteiger partial charge in [0.25, 0.3) is 5.69 Å². The van der Waals surface area contributed by atoms with Crippen molar-refractivity contribution in [2.75, 3.05) is 0 Å². The summed E-state index contributed by atoms with van der Waals surface area (Å²) in [7, 11) is 0. The minimum absolute atomic E-state index is 0.152. The smallest absolute Gasteiger partial charge is 0.270 e. The lowest BCUT2D eigenvalue weighted by molar-refractivity contribution is -0.464. The van der Waals surface area contributed by atoms with Crippen LogP contribution in [0, 0.1) is 30.9 Å². The average Bonchev–Trinajstić information content (AvgIpc) is 2.91. The summed E-state index contributed by atoms with van der Waals surface area (Å²) < 4.78 is 4.37. The van der Waals surface area contributed by atoms with Crippen molar-refractivity contribution >= 4 is 17.6 Å². The number of nitrogens with zero attached hydrogens (tertiary/aromatic N) is 3. The van der Waals surface area contributed by atoms with Crippen LogP contribution in [0.2, 0.25) is 0 Å². The first kappa shape index (κ1) is 12.6. The number of rotatable bonds is 2. The number of aromatic nitrogens is 1. The van der Waals surface area contributed by atoms with Crippen molar-refractivity contribution in [1.82, 2.24) is 4.57 Å². The maximum Gasteiger partial charge on any atom is 0.270 e. The predicted octanol–water partition coefficient (Wildman–Crippen LogP) is 3.06. The second kappa shape index (κ2) is 4.30. The Morgan fingerprint density at radius 3 is 2.40 bits per heavy atom. The van der Waals surface area contributed by atoms with Gasteiger partial charge in [0, 0.05) is 29.0 Å². The van der Waals surface area contributed by atoms with Gasteiger partial charge in [0.1, 0.15) is 5.69 Å². The normalized spacial score (nSPS) is 13.2. The number of nitro benzene ring substituents is 1. The van der Waals surface area contributed by atoms with Crippen LogP contribution >= 0.6 is 0 Å². The van der Waals surface area contributed by atoms with E-state index in [0.717, 1.165) is 23.5 Å². The molecule has 5 heteroatoms. The standard InChI is InChI=1S/C15H16N3O2/c1-10-6-14(18(19)20)7-11(2)15(10)16-8-13-5-4-12(3)17(13)9-16/h4-8H,9H2,1-3H3/q+1. The van der Waals surface area contributed by atoms with Gasteiger partial charge in [0.15, 0.2) is 6.21 Å². The molecule has 0 bridgehead atoms. The maximum absolute atomic E-state index is 10.9. The Morgan fingerprint density at radius 1 is 1.20 bits per heavy atom. The molecule has 0 amide bonds. The molecule has 1 aliphatic heterocycles. The first-order chi connectivity index (χ1) is 9.47. The fraction of sp³-hybridized carbons (Fsp3) is 0.267. The van der Waals surface area contributed by atoms with Gasteiger partial charge in [-0.3, -0.25) is 14.7 Å². The van der Waals surface area contributed by atoms with Gasteiger partial charge in [-0.2, -0.15) is 4.58 Å². The molecule has 0 aliphatic carbocycles. The minimum Gasteiger partial charge on any atom is -0.284 e. The van der Waals surface area contributed by atoms with Crippen molar-refractivity contribution in [2.45, 2.75) is 27.4 Å². The van der Waals surface area contributed by atoms with Crippen molar-refractivity contribution in [2.24, 2.45) is 0 Å². The molecule has 0 saturated heterocycles. The summed E-state index contributed by atoms with van der Waals surface area (Å²) in [5, 5.41) is 10.9. The molecule has 0 atom stereocenters. The molecule has 2 heterocycles. The monoisotopic (exact) mass is 270 g/mol. The molecular weight excluding hydrogens is 254 g/mol. The van der Waals surface area contributed by atoms with Crippen molar-refractivity contribution in [3.63, 3.8) is 0 Å². The van der Waals surface area contributed by atoms with E-state index in [1.165, 1.54) is 11.4 Å². The quantitative estimate of drug-likeness (QED) is 0.478. The van der Waals surface area contributed by atoms with Crippen LogP contribution < -0.4 is 0 Å². The zero-order chi connectivity index (χ0) is 14.4. The first-order valence-electron chi connectivity index (χ1n) is 6.50. The van der Waals surface area contributed by atoms with Crippen molar-refractivity contribution in [1.29, 1.82) is 0 Å². The average molecular weight is 270 g/mol. The molecule has 0 fully saturated rings. The molecule has 20 heavy (non-hydrogen) atoms. The van der Waals surface area contributed by atoms with Crippen LogP contribution in [-0.2, 0) is 6.67 Å². The van der Waals surface area contributed by atoms with Crippen LogP contribution in [0.15, 0.2) is 24.3 Å². The third-order valence-electron chi connectivity index (χ3n) is 3.79. The van der Waals surface area contributed by atoms with Crippen LogP contribution in [0.4, 0.5) is 11.4 Å². The molecule has 1 aromatic carbocycles. The Labute approximate surface area is 116 Å². The number of non-ortho nitro benzene ring substituents is 1. The van der Waals surface area contributed by atoms with Gasteiger partial charge in [-0.25, -0.2) is 0 Å². The highest BCUT2D eigenvalue weighted by Gasteiger charge is 2.26. The molecule has 2 aromatic rings. The van der Waals surface area contributed by atoms with Gasteiger partial charge >= 0.3 is 0 Å². The number of nitro groups is 1. The van der Waals surface area contributed by atoms with Gasteiger partial charge in [-0.15, -0.1) is 0 Å². The summed E-state index contributed by atoms with van der Waals surface area (Å²) in [5.74, 6) is 0. The van der Waals surface area contributed by atoms with Crippen LogP contribution in [0.3, 0.4) is 0 Å². The zero-order valence-corrected chi connectivity index (χ0v) is 11.8. The van der Waals surface area contributed by atoms with E-state index in [4.69, 9.17) is 0 Å². The summed E-state index contributed by atoms with van der Waals surface area (Å²) in [4.78, 5) is 10.6. The Kier molecular flexibility index (Phi) is 2.71. The van der Waals surface area contributed by atoms with E-state index in [0.29, 0.717) is 0 Å². The maximum atomic E-state index is 10.9. The molecule has 0 radical (unpaired) electrons. The number of hydrogen-bond acceptors (Lipinski definition) is 2. The fourth-order valence-corrected chi connectivity index (χ4v) is 2.88. The highest BCUT2D eigenvalue weighted by atomic mass is 16.6. The summed E-state index contributed by atoms with van der Waals surface area (Å²) in [6, 6.07) is 7.46. The topological polar surface area (TPSA) is 51.1 Å². The Balaban J connectivity index is 2.07. The SMILES string of the molecule is Cc1cc([N+](=O)[O-])cc(C)c1[N+]1=Cc2ccc(C)n2C1. The lowest BCUT2D eigenvalue weighted by Gasteiger charge is -2.06. The van der Waals surface area contributed by atoms with Gasteiger partial charge in [-0.05, 0) is 32.9 Å². The molecule has 0 N–H and O–H groups in total. The minimum atomic E-state index is -0.342. The highest BCUT2D eigenvalue weighted by molar-refractivity contribution is 5.76. The summed E-state index contributed by atoms with van der Waals surface area (Å²) >= 11 is 0. The molecule has 102 valence electrons. The Bertz CT molecular complexity index is 733. The first-order valence-corrected chi connectivity index (χ1v) is 6.50. The van der Waals surface area contributed by atoms with Gasteiger partial charge in [0.2, 0.25) is 12.4 Å². The molecule has 0 spiro atoms. The number of aryl methyl sites for hydroxylation is 3. The van der Waals surface area contributed by atoms with Gasteiger partial charge in [-0.1, -0.05) is 0 Å². The van der Waals surface area contributed by atoms with Crippen molar-refractivity contribution < 1.29 is 9.50 Å². The van der Waals surface area contributed by atoms with E-state index in [-0.39, 0.29) is 10.6 Å². The van der Waals surface area contributed by atoms with Crippen LogP contribution in [0.25, 0.3) is 0 Å². The van der Waals surface area contributed by atoms with Gasteiger partial charge in [0.05, 0.1) is 4.92 Å². The molecule has 5 nitrogen and oxygen atoms in total. The van der Waals surface area contributed by atoms with E-state index in [1.807, 2.05) is 13.8 Å². The number of fused-ring (bicyclic) bond motifs is 1. The lowest BCUT2D eigenvalue weighted by Crippen LogP contribution is -2.08. The summed E-state index contributed by atoms with van der Waals surface area (Å²) in [6.07, 6.45) is 2.09. The third kappa shape index (κ3) is 1.82. The Hall–Kier alpha value is -2.43. The second-order valence-electron chi connectivity index (χ2n) is 5.25. The third-order valence-corrected chi connectivity index (χ3v) is 3.79. The summed E-state index contributed by atoms with van der Waals surface area (Å²) in [5.41, 5.74) is 5.45.